The summed E-state index contributed by atoms with van der Waals surface area (Å²) >= 11 is 3.25. The van der Waals surface area contributed by atoms with Gasteiger partial charge in [-0.1, -0.05) is 0 Å². The molecule has 3 N–H and O–H groups in total. The molecule has 1 rings (SSSR count). The minimum Gasteiger partial charge on any atom is -0.394 e. The van der Waals surface area contributed by atoms with E-state index in [0.717, 1.165) is 4.47 Å². The Kier molecular flexibility index (Phi) is 2.99. The van der Waals surface area contributed by atoms with E-state index in [0.29, 0.717) is 5.69 Å². The summed E-state index contributed by atoms with van der Waals surface area (Å²) in [6.45, 7) is -0.0748. The second-order valence-electron chi connectivity index (χ2n) is 2.19. The zero-order chi connectivity index (χ0) is 8.27. The number of aromatic nitrogens is 1. The first-order valence-electron chi connectivity index (χ1n) is 3.22. The highest BCUT2D eigenvalue weighted by Crippen LogP contribution is 2.11. The van der Waals surface area contributed by atoms with Gasteiger partial charge < -0.3 is 10.8 Å². The average molecular weight is 217 g/mol. The normalized spacial score (nSPS) is 13.0. The lowest BCUT2D eigenvalue weighted by Crippen LogP contribution is -2.15. The summed E-state index contributed by atoms with van der Waals surface area (Å²) in [7, 11) is 0. The van der Waals surface area contributed by atoms with Gasteiger partial charge >= 0.3 is 0 Å². The molecular formula is C7H9BrN2O. The van der Waals surface area contributed by atoms with Crippen LogP contribution in [0.15, 0.2) is 22.8 Å². The Morgan fingerprint density at radius 2 is 2.36 bits per heavy atom. The molecule has 1 heterocycles. The number of halogens is 1. The topological polar surface area (TPSA) is 59.1 Å². The third-order valence-electron chi connectivity index (χ3n) is 1.33. The Hall–Kier alpha value is -0.450. The number of rotatable bonds is 2. The monoisotopic (exact) mass is 216 g/mol. The van der Waals surface area contributed by atoms with Crippen molar-refractivity contribution in [3.8, 4) is 0 Å². The number of aliphatic hydroxyl groups excluding tert-OH is 1. The minimum atomic E-state index is -0.372. The largest absolute Gasteiger partial charge is 0.394 e. The summed E-state index contributed by atoms with van der Waals surface area (Å²) < 4.78 is 0.909. The summed E-state index contributed by atoms with van der Waals surface area (Å²) in [6, 6.07) is 3.26. The first-order valence-corrected chi connectivity index (χ1v) is 4.01. The molecule has 1 atom stereocenters. The Labute approximate surface area is 73.4 Å². The SMILES string of the molecule is N[C@H](CO)c1ccc(Br)cn1. The molecule has 0 aliphatic carbocycles. The van der Waals surface area contributed by atoms with E-state index in [2.05, 4.69) is 20.9 Å². The van der Waals surface area contributed by atoms with Crippen molar-refractivity contribution >= 4 is 15.9 Å². The van der Waals surface area contributed by atoms with E-state index in [1.807, 2.05) is 6.07 Å². The predicted molar refractivity (Wildman–Crippen MR) is 46.0 cm³/mol. The maximum Gasteiger partial charge on any atom is 0.0704 e. The van der Waals surface area contributed by atoms with Gasteiger partial charge in [-0.15, -0.1) is 0 Å². The van der Waals surface area contributed by atoms with E-state index in [4.69, 9.17) is 10.8 Å². The average Bonchev–Trinajstić information content (AvgIpc) is 2.05. The Morgan fingerprint density at radius 1 is 1.64 bits per heavy atom. The Bertz CT molecular complexity index is 224. The first kappa shape index (κ1) is 8.64. The Morgan fingerprint density at radius 3 is 2.82 bits per heavy atom. The molecule has 0 radical (unpaired) electrons. The van der Waals surface area contributed by atoms with Crippen LogP contribution in [0.2, 0.25) is 0 Å². The molecule has 0 saturated heterocycles. The molecule has 60 valence electrons. The lowest BCUT2D eigenvalue weighted by Gasteiger charge is -2.05. The van der Waals surface area contributed by atoms with E-state index >= 15 is 0 Å². The number of aliphatic hydroxyl groups is 1. The molecular weight excluding hydrogens is 208 g/mol. The number of nitrogens with two attached hydrogens (primary N) is 1. The number of hydrogen-bond acceptors (Lipinski definition) is 3. The molecule has 0 saturated carbocycles. The van der Waals surface area contributed by atoms with Crippen molar-refractivity contribution in [2.24, 2.45) is 5.73 Å². The van der Waals surface area contributed by atoms with Crippen molar-refractivity contribution in [3.63, 3.8) is 0 Å². The highest BCUT2D eigenvalue weighted by molar-refractivity contribution is 9.10. The molecule has 0 spiro atoms. The summed E-state index contributed by atoms with van der Waals surface area (Å²) in [4.78, 5) is 4.02. The van der Waals surface area contributed by atoms with Gasteiger partial charge in [-0.2, -0.15) is 0 Å². The highest BCUT2D eigenvalue weighted by Gasteiger charge is 2.03. The van der Waals surface area contributed by atoms with Crippen LogP contribution in [0, 0.1) is 0 Å². The van der Waals surface area contributed by atoms with Crippen molar-refractivity contribution < 1.29 is 5.11 Å². The fourth-order valence-corrected chi connectivity index (χ4v) is 0.935. The van der Waals surface area contributed by atoms with E-state index in [1.165, 1.54) is 0 Å². The van der Waals surface area contributed by atoms with Crippen LogP contribution in [0.4, 0.5) is 0 Å². The van der Waals surface area contributed by atoms with Gasteiger partial charge in [-0.25, -0.2) is 0 Å². The van der Waals surface area contributed by atoms with E-state index in [9.17, 15) is 0 Å². The molecule has 0 aliphatic rings. The minimum absolute atomic E-state index is 0.0748. The highest BCUT2D eigenvalue weighted by atomic mass is 79.9. The number of nitrogens with zero attached hydrogens (tertiary/aromatic N) is 1. The Balaban J connectivity index is 2.81. The second-order valence-corrected chi connectivity index (χ2v) is 3.11. The lowest BCUT2D eigenvalue weighted by molar-refractivity contribution is 0.266. The van der Waals surface area contributed by atoms with Crippen LogP contribution in [0.3, 0.4) is 0 Å². The van der Waals surface area contributed by atoms with Crippen molar-refractivity contribution in [1.29, 1.82) is 0 Å². The summed E-state index contributed by atoms with van der Waals surface area (Å²) in [5.74, 6) is 0. The molecule has 0 aliphatic heterocycles. The van der Waals surface area contributed by atoms with Gasteiger partial charge in [0.15, 0.2) is 0 Å². The smallest absolute Gasteiger partial charge is 0.0704 e. The van der Waals surface area contributed by atoms with Crippen LogP contribution in [-0.2, 0) is 0 Å². The molecule has 11 heavy (non-hydrogen) atoms. The maximum absolute atomic E-state index is 8.68. The molecule has 4 heteroatoms. The van der Waals surface area contributed by atoms with E-state index in [-0.39, 0.29) is 12.6 Å². The van der Waals surface area contributed by atoms with Gasteiger partial charge in [0.1, 0.15) is 0 Å². The standard InChI is InChI=1S/C7H9BrN2O/c8-5-1-2-7(10-3-5)6(9)4-11/h1-3,6,11H,4,9H2/t6-/m1/s1. The van der Waals surface area contributed by atoms with Crippen LogP contribution in [0.25, 0.3) is 0 Å². The molecule has 0 bridgehead atoms. The van der Waals surface area contributed by atoms with Crippen LogP contribution in [0.1, 0.15) is 11.7 Å². The van der Waals surface area contributed by atoms with Gasteiger partial charge in [0.2, 0.25) is 0 Å². The van der Waals surface area contributed by atoms with Gasteiger partial charge in [0.05, 0.1) is 18.3 Å². The zero-order valence-electron chi connectivity index (χ0n) is 5.87. The third-order valence-corrected chi connectivity index (χ3v) is 1.80. The molecule has 0 aromatic carbocycles. The van der Waals surface area contributed by atoms with Gasteiger partial charge in [-0.05, 0) is 28.1 Å². The van der Waals surface area contributed by atoms with E-state index in [1.54, 1.807) is 12.3 Å². The fourth-order valence-electron chi connectivity index (χ4n) is 0.700. The van der Waals surface area contributed by atoms with Gasteiger partial charge in [0.25, 0.3) is 0 Å². The molecule has 1 aromatic heterocycles. The summed E-state index contributed by atoms with van der Waals surface area (Å²) in [6.07, 6.45) is 1.66. The molecule has 0 amide bonds. The predicted octanol–water partition coefficient (Wildman–Crippen LogP) is 0.836. The second kappa shape index (κ2) is 3.80. The van der Waals surface area contributed by atoms with Crippen LogP contribution >= 0.6 is 15.9 Å². The van der Waals surface area contributed by atoms with Crippen molar-refractivity contribution in [3.05, 3.63) is 28.5 Å². The first-order chi connectivity index (χ1) is 5.24. The molecule has 0 fully saturated rings. The van der Waals surface area contributed by atoms with Crippen molar-refractivity contribution in [2.75, 3.05) is 6.61 Å². The molecule has 1 aromatic rings. The van der Waals surface area contributed by atoms with E-state index < -0.39 is 0 Å². The van der Waals surface area contributed by atoms with Crippen LogP contribution in [-0.4, -0.2) is 16.7 Å². The zero-order valence-corrected chi connectivity index (χ0v) is 7.45. The summed E-state index contributed by atoms with van der Waals surface area (Å²) in [5, 5.41) is 8.68. The van der Waals surface area contributed by atoms with Crippen molar-refractivity contribution in [1.82, 2.24) is 4.98 Å². The third kappa shape index (κ3) is 2.25. The summed E-state index contributed by atoms with van der Waals surface area (Å²) in [5.41, 5.74) is 6.22. The van der Waals surface area contributed by atoms with Gasteiger partial charge in [0, 0.05) is 10.7 Å². The molecule has 3 nitrogen and oxygen atoms in total. The fraction of sp³-hybridized carbons (Fsp3) is 0.286. The van der Waals surface area contributed by atoms with Crippen molar-refractivity contribution in [2.45, 2.75) is 6.04 Å². The molecule has 0 unspecified atom stereocenters. The maximum atomic E-state index is 8.68. The van der Waals surface area contributed by atoms with Crippen LogP contribution < -0.4 is 5.73 Å². The lowest BCUT2D eigenvalue weighted by atomic mass is 10.2. The van der Waals surface area contributed by atoms with Gasteiger partial charge in [-0.3, -0.25) is 4.98 Å². The van der Waals surface area contributed by atoms with Crippen LogP contribution in [0.5, 0.6) is 0 Å². The number of hydrogen-bond donors (Lipinski definition) is 2. The quantitative estimate of drug-likeness (QED) is 0.771. The number of pyridine rings is 1.